The number of primary sulfonamides is 1. The van der Waals surface area contributed by atoms with Crippen LogP contribution in [0.1, 0.15) is 29.7 Å². The molecule has 0 fully saturated rings. The van der Waals surface area contributed by atoms with Gasteiger partial charge in [-0.25, -0.2) is 13.6 Å². The number of nitrogens with one attached hydrogen (secondary N) is 1. The van der Waals surface area contributed by atoms with Crippen molar-refractivity contribution in [2.75, 3.05) is 5.32 Å². The summed E-state index contributed by atoms with van der Waals surface area (Å²) in [6, 6.07) is 3.17. The predicted octanol–water partition coefficient (Wildman–Crippen LogP) is 1.86. The maximum absolute atomic E-state index is 11.5. The van der Waals surface area contributed by atoms with Crippen molar-refractivity contribution in [1.82, 2.24) is 9.78 Å². The van der Waals surface area contributed by atoms with Crippen molar-refractivity contribution < 1.29 is 8.42 Å². The topological polar surface area (TPSA) is 90.0 Å². The Morgan fingerprint density at radius 1 is 1.33 bits per heavy atom. The van der Waals surface area contributed by atoms with E-state index >= 15 is 0 Å². The minimum absolute atomic E-state index is 0.00697. The minimum Gasteiger partial charge on any atom is -0.378 e. The van der Waals surface area contributed by atoms with Gasteiger partial charge in [0.25, 0.3) is 0 Å². The van der Waals surface area contributed by atoms with Crippen LogP contribution in [0, 0.1) is 13.8 Å². The van der Waals surface area contributed by atoms with Gasteiger partial charge in [-0.05, 0) is 44.0 Å². The number of aryl methyl sites for hydroxylation is 2. The van der Waals surface area contributed by atoms with Crippen molar-refractivity contribution in [2.45, 2.75) is 31.7 Å². The molecule has 0 radical (unpaired) electrons. The number of hydrogen-bond acceptors (Lipinski definition) is 4. The number of rotatable bonds is 4. The van der Waals surface area contributed by atoms with E-state index in [0.29, 0.717) is 0 Å². The number of benzene rings is 1. The number of hydrogen-bond donors (Lipinski definition) is 2. The third-order valence-electron chi connectivity index (χ3n) is 3.57. The second-order valence-electron chi connectivity index (χ2n) is 5.27. The van der Waals surface area contributed by atoms with E-state index in [2.05, 4.69) is 10.4 Å². The second kappa shape index (κ2) is 5.50. The molecule has 3 N–H and O–H groups in total. The molecule has 114 valence electrons. The van der Waals surface area contributed by atoms with Crippen LogP contribution in [0.3, 0.4) is 0 Å². The van der Waals surface area contributed by atoms with E-state index in [-0.39, 0.29) is 10.9 Å². The SMILES string of the molecule is Cc1cc(S(N)(=O)=O)cc(NC(C)c2cnn(C)c2)c1C. The molecule has 0 amide bonds. The van der Waals surface area contributed by atoms with Crippen LogP contribution >= 0.6 is 0 Å². The van der Waals surface area contributed by atoms with Gasteiger partial charge in [0.1, 0.15) is 0 Å². The first-order valence-electron chi connectivity index (χ1n) is 6.57. The number of nitrogens with zero attached hydrogens (tertiary/aromatic N) is 2. The van der Waals surface area contributed by atoms with Crippen molar-refractivity contribution in [2.24, 2.45) is 12.2 Å². The molecule has 0 aliphatic rings. The summed E-state index contributed by atoms with van der Waals surface area (Å²) in [6.07, 6.45) is 3.70. The fourth-order valence-electron chi connectivity index (χ4n) is 2.12. The molecule has 2 rings (SSSR count). The van der Waals surface area contributed by atoms with Crippen molar-refractivity contribution in [3.8, 4) is 0 Å². The molecule has 1 unspecified atom stereocenters. The highest BCUT2D eigenvalue weighted by molar-refractivity contribution is 7.89. The van der Waals surface area contributed by atoms with Gasteiger partial charge in [0.05, 0.1) is 17.1 Å². The van der Waals surface area contributed by atoms with E-state index in [1.165, 1.54) is 0 Å². The molecule has 0 saturated heterocycles. The summed E-state index contributed by atoms with van der Waals surface area (Å²) >= 11 is 0. The Morgan fingerprint density at radius 3 is 2.52 bits per heavy atom. The Kier molecular flexibility index (Phi) is 4.06. The Balaban J connectivity index is 2.37. The number of sulfonamides is 1. The fraction of sp³-hybridized carbons (Fsp3) is 0.357. The largest absolute Gasteiger partial charge is 0.378 e. The van der Waals surface area contributed by atoms with E-state index in [1.54, 1.807) is 23.0 Å². The summed E-state index contributed by atoms with van der Waals surface area (Å²) in [5.41, 5.74) is 3.66. The van der Waals surface area contributed by atoms with Gasteiger partial charge in [-0.1, -0.05) is 0 Å². The van der Waals surface area contributed by atoms with Crippen LogP contribution in [0.15, 0.2) is 29.4 Å². The van der Waals surface area contributed by atoms with Crippen molar-refractivity contribution >= 4 is 15.7 Å². The van der Waals surface area contributed by atoms with Crippen LogP contribution in [-0.4, -0.2) is 18.2 Å². The maximum atomic E-state index is 11.5. The van der Waals surface area contributed by atoms with Gasteiger partial charge in [0.15, 0.2) is 0 Å². The average molecular weight is 308 g/mol. The van der Waals surface area contributed by atoms with Crippen LogP contribution in [0.2, 0.25) is 0 Å². The first-order chi connectivity index (χ1) is 9.68. The monoisotopic (exact) mass is 308 g/mol. The summed E-state index contributed by atoms with van der Waals surface area (Å²) in [4.78, 5) is 0.117. The summed E-state index contributed by atoms with van der Waals surface area (Å²) in [5.74, 6) is 0. The van der Waals surface area contributed by atoms with E-state index in [9.17, 15) is 8.42 Å². The van der Waals surface area contributed by atoms with Crippen molar-refractivity contribution in [1.29, 1.82) is 0 Å². The van der Waals surface area contributed by atoms with Gasteiger partial charge in [-0.15, -0.1) is 0 Å². The Hall–Kier alpha value is -1.86. The predicted molar refractivity (Wildman–Crippen MR) is 82.5 cm³/mol. The Labute approximate surface area is 125 Å². The van der Waals surface area contributed by atoms with Crippen LogP contribution in [0.25, 0.3) is 0 Å². The quantitative estimate of drug-likeness (QED) is 0.902. The normalized spacial score (nSPS) is 13.2. The summed E-state index contributed by atoms with van der Waals surface area (Å²) in [5, 5.41) is 12.7. The molecule has 2 aromatic rings. The first-order valence-corrected chi connectivity index (χ1v) is 8.12. The lowest BCUT2D eigenvalue weighted by molar-refractivity contribution is 0.597. The van der Waals surface area contributed by atoms with Gasteiger partial charge in [-0.2, -0.15) is 5.10 Å². The van der Waals surface area contributed by atoms with E-state index < -0.39 is 10.0 Å². The highest BCUT2D eigenvalue weighted by Crippen LogP contribution is 2.27. The molecule has 0 aliphatic heterocycles. The lowest BCUT2D eigenvalue weighted by atomic mass is 10.1. The van der Waals surface area contributed by atoms with Crippen LogP contribution in [0.4, 0.5) is 5.69 Å². The zero-order valence-corrected chi connectivity index (χ0v) is 13.4. The number of aromatic nitrogens is 2. The van der Waals surface area contributed by atoms with E-state index in [4.69, 9.17) is 5.14 Å². The maximum Gasteiger partial charge on any atom is 0.238 e. The smallest absolute Gasteiger partial charge is 0.238 e. The summed E-state index contributed by atoms with van der Waals surface area (Å²) < 4.78 is 24.8. The molecule has 7 heteroatoms. The molecule has 1 heterocycles. The van der Waals surface area contributed by atoms with Crippen LogP contribution < -0.4 is 10.5 Å². The van der Waals surface area contributed by atoms with E-state index in [0.717, 1.165) is 22.4 Å². The average Bonchev–Trinajstić information content (AvgIpc) is 2.80. The molecule has 1 atom stereocenters. The number of nitrogens with two attached hydrogens (primary N) is 1. The molecule has 1 aromatic heterocycles. The van der Waals surface area contributed by atoms with Crippen molar-refractivity contribution in [3.05, 3.63) is 41.2 Å². The second-order valence-corrected chi connectivity index (χ2v) is 6.83. The van der Waals surface area contributed by atoms with Gasteiger partial charge >= 0.3 is 0 Å². The molecule has 0 bridgehead atoms. The van der Waals surface area contributed by atoms with Gasteiger partial charge in [-0.3, -0.25) is 4.68 Å². The summed E-state index contributed by atoms with van der Waals surface area (Å²) in [6.45, 7) is 5.81. The third-order valence-corrected chi connectivity index (χ3v) is 4.46. The lowest BCUT2D eigenvalue weighted by Crippen LogP contribution is -2.14. The van der Waals surface area contributed by atoms with Gasteiger partial charge in [0.2, 0.25) is 10.0 Å². The molecular weight excluding hydrogens is 288 g/mol. The van der Waals surface area contributed by atoms with Gasteiger partial charge in [0, 0.05) is 24.5 Å². The van der Waals surface area contributed by atoms with Gasteiger partial charge < -0.3 is 5.32 Å². The fourth-order valence-corrected chi connectivity index (χ4v) is 2.74. The Bertz CT molecular complexity index is 765. The molecule has 21 heavy (non-hydrogen) atoms. The number of anilines is 1. The zero-order chi connectivity index (χ0) is 15.8. The third kappa shape index (κ3) is 3.43. The highest BCUT2D eigenvalue weighted by atomic mass is 32.2. The molecule has 0 aliphatic carbocycles. The zero-order valence-electron chi connectivity index (χ0n) is 12.6. The standard InChI is InChI=1S/C14H20N4O2S/c1-9-5-13(21(15,19)20)6-14(10(9)2)17-11(3)12-7-16-18(4)8-12/h5-8,11,17H,1-4H3,(H2,15,19,20). The molecule has 0 spiro atoms. The first kappa shape index (κ1) is 15.5. The van der Waals surface area contributed by atoms with Crippen LogP contribution in [-0.2, 0) is 17.1 Å². The van der Waals surface area contributed by atoms with Crippen molar-refractivity contribution in [3.63, 3.8) is 0 Å². The molecule has 6 nitrogen and oxygen atoms in total. The molecule has 1 aromatic carbocycles. The minimum atomic E-state index is -3.72. The lowest BCUT2D eigenvalue weighted by Gasteiger charge is -2.18. The van der Waals surface area contributed by atoms with Crippen LogP contribution in [0.5, 0.6) is 0 Å². The molecule has 0 saturated carbocycles. The highest BCUT2D eigenvalue weighted by Gasteiger charge is 2.15. The Morgan fingerprint density at radius 2 is 2.00 bits per heavy atom. The molecular formula is C14H20N4O2S. The van der Waals surface area contributed by atoms with E-state index in [1.807, 2.05) is 34.0 Å². The summed E-state index contributed by atoms with van der Waals surface area (Å²) in [7, 11) is -1.86.